The molecule has 1 aliphatic rings. The molecule has 8 heteroatoms. The van der Waals surface area contributed by atoms with Crippen LogP contribution in [0.3, 0.4) is 0 Å². The van der Waals surface area contributed by atoms with Crippen molar-refractivity contribution in [2.75, 3.05) is 24.7 Å². The molecule has 0 aromatic carbocycles. The van der Waals surface area contributed by atoms with Crippen LogP contribution in [0.15, 0.2) is 0 Å². The van der Waals surface area contributed by atoms with Gasteiger partial charge in [-0.3, -0.25) is 0 Å². The van der Waals surface area contributed by atoms with Crippen molar-refractivity contribution in [3.63, 3.8) is 0 Å². The SMILES string of the molecule is Cc1nn([C@@H]2CCS(=O)(=O)C2)c(Cl)c1C[NH2+]CCCOC(C)C. The van der Waals surface area contributed by atoms with Crippen LogP contribution in [0.25, 0.3) is 0 Å². The highest BCUT2D eigenvalue weighted by Crippen LogP contribution is 2.29. The summed E-state index contributed by atoms with van der Waals surface area (Å²) in [5.41, 5.74) is 1.88. The smallest absolute Gasteiger partial charge is 0.152 e. The van der Waals surface area contributed by atoms with E-state index in [0.717, 1.165) is 37.4 Å². The molecule has 1 aromatic heterocycles. The summed E-state index contributed by atoms with van der Waals surface area (Å²) in [4.78, 5) is 0. The van der Waals surface area contributed by atoms with Crippen LogP contribution >= 0.6 is 11.6 Å². The topological polar surface area (TPSA) is 77.8 Å². The van der Waals surface area contributed by atoms with Crippen molar-refractivity contribution >= 4 is 21.4 Å². The van der Waals surface area contributed by atoms with Crippen molar-refractivity contribution in [3.8, 4) is 0 Å². The fourth-order valence-corrected chi connectivity index (χ4v) is 4.87. The molecule has 0 aliphatic carbocycles. The Morgan fingerprint density at radius 1 is 1.48 bits per heavy atom. The van der Waals surface area contributed by atoms with Crippen LogP contribution in [0.5, 0.6) is 0 Å². The minimum absolute atomic E-state index is 0.126. The first-order valence-electron chi connectivity index (χ1n) is 8.17. The number of nitrogens with two attached hydrogens (primary N) is 1. The lowest BCUT2D eigenvalue weighted by molar-refractivity contribution is -0.671. The maximum absolute atomic E-state index is 11.6. The molecule has 1 fully saturated rings. The maximum atomic E-state index is 11.6. The summed E-state index contributed by atoms with van der Waals surface area (Å²) in [6.07, 6.45) is 1.86. The number of aryl methyl sites for hydroxylation is 1. The Balaban J connectivity index is 1.88. The predicted molar refractivity (Wildman–Crippen MR) is 90.5 cm³/mol. The number of ether oxygens (including phenoxy) is 1. The van der Waals surface area contributed by atoms with Crippen molar-refractivity contribution in [3.05, 3.63) is 16.4 Å². The standard InChI is InChI=1S/C15H26ClN3O3S/c1-11(2)22-7-4-6-17-9-14-12(3)18-19(15(14)16)13-5-8-23(20,21)10-13/h11,13,17H,4-10H2,1-3H3/p+1/t13-/m1/s1. The summed E-state index contributed by atoms with van der Waals surface area (Å²) in [6.45, 7) is 8.48. The Hall–Kier alpha value is -0.630. The number of quaternary nitrogens is 1. The second-order valence-electron chi connectivity index (χ2n) is 6.41. The van der Waals surface area contributed by atoms with Gasteiger partial charge in [0.2, 0.25) is 0 Å². The van der Waals surface area contributed by atoms with Gasteiger partial charge >= 0.3 is 0 Å². The molecule has 1 aliphatic heterocycles. The molecule has 23 heavy (non-hydrogen) atoms. The van der Waals surface area contributed by atoms with Crippen LogP contribution in [-0.4, -0.2) is 49.0 Å². The number of nitrogens with zero attached hydrogens (tertiary/aromatic N) is 2. The van der Waals surface area contributed by atoms with Gasteiger partial charge in [-0.15, -0.1) is 0 Å². The van der Waals surface area contributed by atoms with Gasteiger partial charge in [0.05, 0.1) is 48.1 Å². The highest BCUT2D eigenvalue weighted by Gasteiger charge is 2.32. The maximum Gasteiger partial charge on any atom is 0.152 e. The Morgan fingerprint density at radius 2 is 2.22 bits per heavy atom. The van der Waals surface area contributed by atoms with Gasteiger partial charge in [0.1, 0.15) is 11.7 Å². The van der Waals surface area contributed by atoms with E-state index in [1.165, 1.54) is 0 Å². The van der Waals surface area contributed by atoms with Crippen LogP contribution in [0.1, 0.15) is 44.0 Å². The largest absolute Gasteiger partial charge is 0.379 e. The van der Waals surface area contributed by atoms with E-state index in [2.05, 4.69) is 10.4 Å². The number of hydrogen-bond donors (Lipinski definition) is 1. The lowest BCUT2D eigenvalue weighted by Gasteiger charge is -2.10. The Kier molecular flexibility index (Phi) is 6.48. The molecule has 1 atom stereocenters. The summed E-state index contributed by atoms with van der Waals surface area (Å²) in [6, 6.07) is -0.126. The molecule has 1 saturated heterocycles. The molecule has 132 valence electrons. The highest BCUT2D eigenvalue weighted by molar-refractivity contribution is 7.91. The van der Waals surface area contributed by atoms with Crippen molar-refractivity contribution < 1.29 is 18.5 Å². The minimum atomic E-state index is -2.94. The van der Waals surface area contributed by atoms with Crippen molar-refractivity contribution in [1.82, 2.24) is 9.78 Å². The molecule has 2 heterocycles. The molecule has 0 bridgehead atoms. The number of rotatable bonds is 8. The zero-order valence-corrected chi connectivity index (χ0v) is 15.7. The first-order chi connectivity index (χ1) is 10.8. The Labute approximate surface area is 143 Å². The third-order valence-corrected chi connectivity index (χ3v) is 6.20. The average molecular weight is 365 g/mol. The molecular weight excluding hydrogens is 338 g/mol. The predicted octanol–water partition coefficient (Wildman–Crippen LogP) is 1.08. The van der Waals surface area contributed by atoms with Gasteiger partial charge in [0, 0.05) is 6.42 Å². The molecule has 2 rings (SSSR count). The molecule has 0 radical (unpaired) electrons. The van der Waals surface area contributed by atoms with Crippen LogP contribution in [0, 0.1) is 6.92 Å². The second kappa shape index (κ2) is 7.96. The second-order valence-corrected chi connectivity index (χ2v) is 9.00. The van der Waals surface area contributed by atoms with Gasteiger partial charge < -0.3 is 10.1 Å². The number of sulfone groups is 1. The number of hydrogen-bond acceptors (Lipinski definition) is 4. The van der Waals surface area contributed by atoms with E-state index in [4.69, 9.17) is 16.3 Å². The van der Waals surface area contributed by atoms with Gasteiger partial charge in [-0.05, 0) is 27.2 Å². The van der Waals surface area contributed by atoms with E-state index in [1.54, 1.807) is 4.68 Å². The fraction of sp³-hybridized carbons (Fsp3) is 0.800. The van der Waals surface area contributed by atoms with E-state index in [-0.39, 0.29) is 23.7 Å². The van der Waals surface area contributed by atoms with Gasteiger partial charge in [-0.25, -0.2) is 13.1 Å². The molecule has 0 saturated carbocycles. The Bertz CT molecular complexity index is 628. The fourth-order valence-electron chi connectivity index (χ4n) is 2.79. The van der Waals surface area contributed by atoms with Crippen LogP contribution in [0.2, 0.25) is 5.15 Å². The molecular formula is C15H27ClN3O3S+. The van der Waals surface area contributed by atoms with Crippen molar-refractivity contribution in [2.45, 2.75) is 52.3 Å². The van der Waals surface area contributed by atoms with Crippen LogP contribution < -0.4 is 5.32 Å². The number of halogens is 1. The van der Waals surface area contributed by atoms with Gasteiger partial charge in [0.15, 0.2) is 9.84 Å². The molecule has 0 spiro atoms. The van der Waals surface area contributed by atoms with Crippen LogP contribution in [-0.2, 0) is 21.1 Å². The van der Waals surface area contributed by atoms with Crippen molar-refractivity contribution in [2.24, 2.45) is 0 Å². The van der Waals surface area contributed by atoms with E-state index in [9.17, 15) is 8.42 Å². The molecule has 1 aromatic rings. The molecule has 0 amide bonds. The summed E-state index contributed by atoms with van der Waals surface area (Å²) in [7, 11) is -2.94. The van der Waals surface area contributed by atoms with Crippen LogP contribution in [0.4, 0.5) is 0 Å². The first kappa shape index (κ1) is 18.7. The molecule has 2 N–H and O–H groups in total. The van der Waals surface area contributed by atoms with Gasteiger partial charge in [-0.1, -0.05) is 11.6 Å². The molecule has 6 nitrogen and oxygen atoms in total. The molecule has 0 unspecified atom stereocenters. The lowest BCUT2D eigenvalue weighted by atomic mass is 10.2. The summed E-state index contributed by atoms with van der Waals surface area (Å²) < 4.78 is 30.5. The normalized spacial score (nSPS) is 20.5. The first-order valence-corrected chi connectivity index (χ1v) is 10.4. The zero-order chi connectivity index (χ0) is 17.0. The quantitative estimate of drug-likeness (QED) is 0.700. The lowest BCUT2D eigenvalue weighted by Crippen LogP contribution is -2.82. The summed E-state index contributed by atoms with van der Waals surface area (Å²) >= 11 is 6.45. The van der Waals surface area contributed by atoms with E-state index < -0.39 is 9.84 Å². The average Bonchev–Trinajstić information content (AvgIpc) is 2.95. The van der Waals surface area contributed by atoms with E-state index in [1.807, 2.05) is 20.8 Å². The van der Waals surface area contributed by atoms with Gasteiger partial charge in [-0.2, -0.15) is 5.10 Å². The van der Waals surface area contributed by atoms with E-state index in [0.29, 0.717) is 11.6 Å². The summed E-state index contributed by atoms with van der Waals surface area (Å²) in [5.74, 6) is 0.369. The van der Waals surface area contributed by atoms with Gasteiger partial charge in [0.25, 0.3) is 0 Å². The monoisotopic (exact) mass is 364 g/mol. The third kappa shape index (κ3) is 5.17. The Morgan fingerprint density at radius 3 is 2.83 bits per heavy atom. The van der Waals surface area contributed by atoms with E-state index >= 15 is 0 Å². The third-order valence-electron chi connectivity index (χ3n) is 4.05. The highest BCUT2D eigenvalue weighted by atomic mass is 35.5. The summed E-state index contributed by atoms with van der Waals surface area (Å²) in [5, 5.41) is 7.24. The number of aromatic nitrogens is 2. The zero-order valence-electron chi connectivity index (χ0n) is 14.1. The minimum Gasteiger partial charge on any atom is -0.379 e. The van der Waals surface area contributed by atoms with Crippen molar-refractivity contribution in [1.29, 1.82) is 0 Å².